The molecule has 1 aliphatic rings. The largest absolute Gasteiger partial charge is 0.496 e. The molecule has 0 radical (unpaired) electrons. The normalized spacial score (nSPS) is 16.1. The molecule has 0 fully saturated rings. The van der Waals surface area contributed by atoms with Gasteiger partial charge in [-0.05, 0) is 12.0 Å². The molecule has 3 rings (SSSR count). The standard InChI is InChI=1S/C20H20O4/c1-4-8-14-17(22-2)12-18(23-3)19-15(21)11-16(24-20(14)19)13-9-6-5-7-10-13/h4-7,9-10,12,16H,1,8,11H2,2-3H3. The minimum Gasteiger partial charge on any atom is -0.496 e. The van der Waals surface area contributed by atoms with Crippen LogP contribution in [0.15, 0.2) is 49.1 Å². The van der Waals surface area contributed by atoms with Gasteiger partial charge in [-0.15, -0.1) is 6.58 Å². The fourth-order valence-corrected chi connectivity index (χ4v) is 3.04. The first-order chi connectivity index (χ1) is 11.7. The van der Waals surface area contributed by atoms with E-state index in [1.165, 1.54) is 0 Å². The molecule has 0 N–H and O–H groups in total. The van der Waals surface area contributed by atoms with Crippen LogP contribution >= 0.6 is 0 Å². The predicted octanol–water partition coefficient (Wildman–Crippen LogP) is 4.14. The molecule has 24 heavy (non-hydrogen) atoms. The van der Waals surface area contributed by atoms with Crippen molar-refractivity contribution in [1.82, 2.24) is 0 Å². The maximum absolute atomic E-state index is 12.8. The van der Waals surface area contributed by atoms with Crippen molar-refractivity contribution >= 4 is 5.78 Å². The number of hydrogen-bond donors (Lipinski definition) is 0. The van der Waals surface area contributed by atoms with Gasteiger partial charge < -0.3 is 14.2 Å². The van der Waals surface area contributed by atoms with Crippen LogP contribution in [0.5, 0.6) is 17.2 Å². The van der Waals surface area contributed by atoms with Gasteiger partial charge >= 0.3 is 0 Å². The third kappa shape index (κ3) is 2.75. The second-order valence-corrected chi connectivity index (χ2v) is 5.60. The number of ether oxygens (including phenoxy) is 3. The Bertz CT molecular complexity index is 765. The van der Waals surface area contributed by atoms with Crippen LogP contribution in [0.3, 0.4) is 0 Å². The van der Waals surface area contributed by atoms with Crippen LogP contribution in [0, 0.1) is 0 Å². The molecule has 1 atom stereocenters. The molecule has 0 aromatic heterocycles. The summed E-state index contributed by atoms with van der Waals surface area (Å²) in [7, 11) is 3.13. The van der Waals surface area contributed by atoms with Gasteiger partial charge in [0.25, 0.3) is 0 Å². The van der Waals surface area contributed by atoms with Crippen molar-refractivity contribution in [3.05, 3.63) is 65.7 Å². The van der Waals surface area contributed by atoms with E-state index in [9.17, 15) is 4.79 Å². The van der Waals surface area contributed by atoms with Gasteiger partial charge in [0.1, 0.15) is 28.9 Å². The van der Waals surface area contributed by atoms with Crippen molar-refractivity contribution in [2.24, 2.45) is 0 Å². The number of hydrogen-bond acceptors (Lipinski definition) is 4. The summed E-state index contributed by atoms with van der Waals surface area (Å²) >= 11 is 0. The number of rotatable bonds is 5. The maximum Gasteiger partial charge on any atom is 0.174 e. The van der Waals surface area contributed by atoms with Gasteiger partial charge in [0.2, 0.25) is 0 Å². The van der Waals surface area contributed by atoms with Crippen LogP contribution in [-0.4, -0.2) is 20.0 Å². The highest BCUT2D eigenvalue weighted by molar-refractivity contribution is 6.03. The second-order valence-electron chi connectivity index (χ2n) is 5.60. The molecule has 1 unspecified atom stereocenters. The average Bonchev–Trinajstić information content (AvgIpc) is 2.62. The summed E-state index contributed by atoms with van der Waals surface area (Å²) in [6, 6.07) is 11.5. The lowest BCUT2D eigenvalue weighted by molar-refractivity contribution is 0.0842. The Morgan fingerprint density at radius 3 is 2.54 bits per heavy atom. The van der Waals surface area contributed by atoms with Crippen molar-refractivity contribution in [2.45, 2.75) is 18.9 Å². The number of benzene rings is 2. The minimum absolute atomic E-state index is 0.00918. The van der Waals surface area contributed by atoms with Crippen molar-refractivity contribution in [1.29, 1.82) is 0 Å². The summed E-state index contributed by atoms with van der Waals surface area (Å²) in [5.74, 6) is 1.66. The van der Waals surface area contributed by atoms with E-state index >= 15 is 0 Å². The molecule has 4 nitrogen and oxygen atoms in total. The van der Waals surface area contributed by atoms with E-state index < -0.39 is 0 Å². The highest BCUT2D eigenvalue weighted by Crippen LogP contribution is 2.46. The maximum atomic E-state index is 12.8. The lowest BCUT2D eigenvalue weighted by Crippen LogP contribution is -2.22. The van der Waals surface area contributed by atoms with Gasteiger partial charge in [-0.3, -0.25) is 4.79 Å². The van der Waals surface area contributed by atoms with Crippen LogP contribution in [0.25, 0.3) is 0 Å². The molecule has 1 heterocycles. The summed E-state index contributed by atoms with van der Waals surface area (Å²) in [6.45, 7) is 3.79. The topological polar surface area (TPSA) is 44.8 Å². The fourth-order valence-electron chi connectivity index (χ4n) is 3.04. The number of ketones is 1. The van der Waals surface area contributed by atoms with Gasteiger partial charge in [-0.1, -0.05) is 36.4 Å². The molecule has 0 amide bonds. The Morgan fingerprint density at radius 2 is 1.92 bits per heavy atom. The van der Waals surface area contributed by atoms with Crippen molar-refractivity contribution in [2.75, 3.05) is 14.2 Å². The van der Waals surface area contributed by atoms with Crippen LogP contribution in [0.4, 0.5) is 0 Å². The van der Waals surface area contributed by atoms with Gasteiger partial charge in [0, 0.05) is 11.6 Å². The molecule has 0 saturated heterocycles. The lowest BCUT2D eigenvalue weighted by Gasteiger charge is -2.29. The summed E-state index contributed by atoms with van der Waals surface area (Å²) in [4.78, 5) is 12.8. The number of carbonyl (C=O) groups is 1. The minimum atomic E-state index is -0.313. The first kappa shape index (κ1) is 16.1. The smallest absolute Gasteiger partial charge is 0.174 e. The Hall–Kier alpha value is -2.75. The van der Waals surface area contributed by atoms with Crippen LogP contribution in [-0.2, 0) is 6.42 Å². The molecule has 0 aliphatic carbocycles. The number of allylic oxidation sites excluding steroid dienone is 1. The SMILES string of the molecule is C=CCc1c(OC)cc(OC)c2c1OC(c1ccccc1)CC2=O. The van der Waals surface area contributed by atoms with Crippen molar-refractivity contribution in [3.8, 4) is 17.2 Å². The summed E-state index contributed by atoms with van der Waals surface area (Å²) in [5, 5.41) is 0. The van der Waals surface area contributed by atoms with E-state index in [0.29, 0.717) is 29.2 Å². The molecular weight excluding hydrogens is 304 g/mol. The number of carbonyl (C=O) groups excluding carboxylic acids is 1. The molecule has 4 heteroatoms. The monoisotopic (exact) mass is 324 g/mol. The van der Waals surface area contributed by atoms with Gasteiger partial charge in [0.05, 0.1) is 20.6 Å². The van der Waals surface area contributed by atoms with Crippen LogP contribution in [0.2, 0.25) is 0 Å². The molecule has 124 valence electrons. The molecule has 2 aromatic carbocycles. The Kier molecular flexibility index (Phi) is 4.56. The van der Waals surface area contributed by atoms with E-state index in [2.05, 4.69) is 6.58 Å². The third-order valence-corrected chi connectivity index (χ3v) is 4.18. The van der Waals surface area contributed by atoms with Gasteiger partial charge in [-0.2, -0.15) is 0 Å². The molecular formula is C20H20O4. The van der Waals surface area contributed by atoms with Crippen molar-refractivity contribution in [3.63, 3.8) is 0 Å². The molecule has 0 bridgehead atoms. The highest BCUT2D eigenvalue weighted by Gasteiger charge is 2.33. The zero-order valence-electron chi connectivity index (χ0n) is 13.9. The second kappa shape index (κ2) is 6.79. The van der Waals surface area contributed by atoms with E-state index in [1.807, 2.05) is 30.3 Å². The molecule has 1 aliphatic heterocycles. The average molecular weight is 324 g/mol. The Morgan fingerprint density at radius 1 is 1.21 bits per heavy atom. The highest BCUT2D eigenvalue weighted by atomic mass is 16.5. The molecule has 0 saturated carbocycles. The molecule has 0 spiro atoms. The number of Topliss-reactive ketones (excluding diaryl/α,β-unsaturated/α-hetero) is 1. The Balaban J connectivity index is 2.15. The first-order valence-corrected chi connectivity index (χ1v) is 7.83. The van der Waals surface area contributed by atoms with E-state index in [1.54, 1.807) is 26.4 Å². The number of fused-ring (bicyclic) bond motifs is 1. The summed E-state index contributed by atoms with van der Waals surface area (Å²) in [5.41, 5.74) is 2.28. The van der Waals surface area contributed by atoms with Crippen molar-refractivity contribution < 1.29 is 19.0 Å². The lowest BCUT2D eigenvalue weighted by atomic mass is 9.92. The quantitative estimate of drug-likeness (QED) is 0.776. The van der Waals surface area contributed by atoms with Crippen LogP contribution in [0.1, 0.15) is 34.0 Å². The van der Waals surface area contributed by atoms with Gasteiger partial charge in [0.15, 0.2) is 5.78 Å². The molecule has 2 aromatic rings. The zero-order valence-corrected chi connectivity index (χ0v) is 13.9. The zero-order chi connectivity index (χ0) is 17.1. The van der Waals surface area contributed by atoms with Gasteiger partial charge in [-0.25, -0.2) is 0 Å². The first-order valence-electron chi connectivity index (χ1n) is 7.83. The fraction of sp³-hybridized carbons (Fsp3) is 0.250. The third-order valence-electron chi connectivity index (χ3n) is 4.18. The van der Waals surface area contributed by atoms with E-state index in [0.717, 1.165) is 11.1 Å². The summed E-state index contributed by atoms with van der Waals surface area (Å²) < 4.78 is 17.1. The van der Waals surface area contributed by atoms with E-state index in [-0.39, 0.29) is 18.3 Å². The summed E-state index contributed by atoms with van der Waals surface area (Å²) in [6.07, 6.45) is 2.29. The number of methoxy groups -OCH3 is 2. The van der Waals surface area contributed by atoms with Crippen LogP contribution < -0.4 is 14.2 Å². The Labute approximate surface area is 141 Å². The predicted molar refractivity (Wildman–Crippen MR) is 92.2 cm³/mol. The van der Waals surface area contributed by atoms with E-state index in [4.69, 9.17) is 14.2 Å².